The maximum atomic E-state index is 6.14. The van der Waals surface area contributed by atoms with Crippen molar-refractivity contribution in [2.75, 3.05) is 0 Å². The van der Waals surface area contributed by atoms with Crippen LogP contribution in [0.2, 0.25) is 10.0 Å². The Morgan fingerprint density at radius 1 is 0.852 bits per heavy atom. The number of benzene rings is 2. The Balaban J connectivity index is 1.79. The minimum absolute atomic E-state index is 0.393. The molecule has 2 rings (SSSR count). The quantitative estimate of drug-likeness (QED) is 0.292. The van der Waals surface area contributed by atoms with Crippen molar-refractivity contribution in [3.63, 3.8) is 0 Å². The van der Waals surface area contributed by atoms with Crippen molar-refractivity contribution >= 4 is 23.2 Å². The standard InChI is InChI=1S/C25H30Cl2/c1-3-4-5-6-7-8-9-10-11-21-12-14-22(15-13-21)18-20(2)23-16-17-24(26)25(27)19-23/h12-17,19-20H,3-9,18H2,1-2H3. The van der Waals surface area contributed by atoms with Gasteiger partial charge in [-0.3, -0.25) is 0 Å². The molecule has 0 aromatic heterocycles. The lowest BCUT2D eigenvalue weighted by molar-refractivity contribution is 0.614. The van der Waals surface area contributed by atoms with E-state index in [9.17, 15) is 0 Å². The molecule has 27 heavy (non-hydrogen) atoms. The second-order valence-electron chi connectivity index (χ2n) is 7.30. The van der Waals surface area contributed by atoms with Gasteiger partial charge in [0.25, 0.3) is 0 Å². The van der Waals surface area contributed by atoms with E-state index in [0.29, 0.717) is 16.0 Å². The van der Waals surface area contributed by atoms with Gasteiger partial charge in [0.2, 0.25) is 0 Å². The fraction of sp³-hybridized carbons (Fsp3) is 0.440. The first-order valence-electron chi connectivity index (χ1n) is 10.1. The highest BCUT2D eigenvalue weighted by molar-refractivity contribution is 6.42. The van der Waals surface area contributed by atoms with Crippen molar-refractivity contribution in [2.24, 2.45) is 0 Å². The molecule has 0 aliphatic carbocycles. The summed E-state index contributed by atoms with van der Waals surface area (Å²) in [7, 11) is 0. The third kappa shape index (κ3) is 8.00. The summed E-state index contributed by atoms with van der Waals surface area (Å²) in [6, 6.07) is 14.5. The summed E-state index contributed by atoms with van der Waals surface area (Å²) in [5.41, 5.74) is 3.63. The first kappa shape index (κ1) is 21.9. The zero-order valence-corrected chi connectivity index (χ0v) is 18.0. The van der Waals surface area contributed by atoms with E-state index in [2.05, 4.69) is 56.0 Å². The highest BCUT2D eigenvalue weighted by atomic mass is 35.5. The van der Waals surface area contributed by atoms with Crippen LogP contribution in [0.3, 0.4) is 0 Å². The van der Waals surface area contributed by atoms with Crippen LogP contribution in [0, 0.1) is 11.8 Å². The number of unbranched alkanes of at least 4 members (excludes halogenated alkanes) is 6. The number of hydrogen-bond acceptors (Lipinski definition) is 0. The molecule has 0 aliphatic heterocycles. The molecule has 0 fully saturated rings. The molecule has 144 valence electrons. The van der Waals surface area contributed by atoms with Gasteiger partial charge in [0.05, 0.1) is 10.0 Å². The Bertz CT molecular complexity index is 750. The molecule has 0 N–H and O–H groups in total. The van der Waals surface area contributed by atoms with Crippen molar-refractivity contribution in [3.8, 4) is 11.8 Å². The predicted molar refractivity (Wildman–Crippen MR) is 120 cm³/mol. The molecule has 0 saturated carbocycles. The smallest absolute Gasteiger partial charge is 0.0595 e. The second-order valence-corrected chi connectivity index (χ2v) is 8.11. The monoisotopic (exact) mass is 400 g/mol. The minimum Gasteiger partial charge on any atom is -0.0979 e. The Morgan fingerprint density at radius 2 is 1.56 bits per heavy atom. The lowest BCUT2D eigenvalue weighted by Crippen LogP contribution is -1.98. The van der Waals surface area contributed by atoms with E-state index in [-0.39, 0.29) is 0 Å². The van der Waals surface area contributed by atoms with Crippen molar-refractivity contribution in [1.29, 1.82) is 0 Å². The topological polar surface area (TPSA) is 0 Å². The zero-order chi connectivity index (χ0) is 19.5. The largest absolute Gasteiger partial charge is 0.0979 e. The highest BCUT2D eigenvalue weighted by Crippen LogP contribution is 2.28. The van der Waals surface area contributed by atoms with Crippen LogP contribution in [-0.2, 0) is 6.42 Å². The normalized spacial score (nSPS) is 11.7. The third-order valence-electron chi connectivity index (χ3n) is 4.90. The zero-order valence-electron chi connectivity index (χ0n) is 16.5. The molecular formula is C25H30Cl2. The van der Waals surface area contributed by atoms with E-state index in [1.54, 1.807) is 0 Å². The van der Waals surface area contributed by atoms with Gasteiger partial charge in [-0.2, -0.15) is 0 Å². The van der Waals surface area contributed by atoms with E-state index in [1.165, 1.54) is 49.7 Å². The van der Waals surface area contributed by atoms with Crippen LogP contribution < -0.4 is 0 Å². The maximum absolute atomic E-state index is 6.14. The summed E-state index contributed by atoms with van der Waals surface area (Å²) < 4.78 is 0. The average Bonchev–Trinajstić information content (AvgIpc) is 2.67. The Hall–Kier alpha value is -1.42. The van der Waals surface area contributed by atoms with Gasteiger partial charge in [-0.25, -0.2) is 0 Å². The molecule has 1 atom stereocenters. The molecule has 0 saturated heterocycles. The summed E-state index contributed by atoms with van der Waals surface area (Å²) in [4.78, 5) is 0. The van der Waals surface area contributed by atoms with E-state index in [1.807, 2.05) is 12.1 Å². The van der Waals surface area contributed by atoms with Crippen LogP contribution in [0.5, 0.6) is 0 Å². The van der Waals surface area contributed by atoms with Crippen LogP contribution in [0.15, 0.2) is 42.5 Å². The highest BCUT2D eigenvalue weighted by Gasteiger charge is 2.09. The molecule has 0 heterocycles. The molecular weight excluding hydrogens is 371 g/mol. The van der Waals surface area contributed by atoms with Crippen LogP contribution >= 0.6 is 23.2 Å². The van der Waals surface area contributed by atoms with Crippen LogP contribution in [0.25, 0.3) is 0 Å². The van der Waals surface area contributed by atoms with Gasteiger partial charge >= 0.3 is 0 Å². The lowest BCUT2D eigenvalue weighted by Gasteiger charge is -2.13. The molecule has 0 amide bonds. The summed E-state index contributed by atoms with van der Waals surface area (Å²) in [6.07, 6.45) is 9.89. The first-order chi connectivity index (χ1) is 13.1. The molecule has 2 aromatic carbocycles. The number of rotatable bonds is 9. The van der Waals surface area contributed by atoms with E-state index in [0.717, 1.165) is 18.4 Å². The summed E-state index contributed by atoms with van der Waals surface area (Å²) in [6.45, 7) is 4.47. The Kier molecular flexibility index (Phi) is 9.82. The van der Waals surface area contributed by atoms with Gasteiger partial charge < -0.3 is 0 Å². The van der Waals surface area contributed by atoms with Gasteiger partial charge in [-0.15, -0.1) is 0 Å². The van der Waals surface area contributed by atoms with Gasteiger partial charge in [-0.1, -0.05) is 99.2 Å². The van der Waals surface area contributed by atoms with E-state index < -0.39 is 0 Å². The molecule has 2 heteroatoms. The van der Waals surface area contributed by atoms with Gasteiger partial charge in [0.15, 0.2) is 0 Å². The molecule has 0 bridgehead atoms. The van der Waals surface area contributed by atoms with Crippen molar-refractivity contribution in [3.05, 3.63) is 69.2 Å². The minimum atomic E-state index is 0.393. The molecule has 2 aromatic rings. The van der Waals surface area contributed by atoms with E-state index in [4.69, 9.17) is 23.2 Å². The van der Waals surface area contributed by atoms with Crippen molar-refractivity contribution in [1.82, 2.24) is 0 Å². The van der Waals surface area contributed by atoms with Crippen LogP contribution in [-0.4, -0.2) is 0 Å². The molecule has 0 nitrogen and oxygen atoms in total. The molecule has 1 unspecified atom stereocenters. The van der Waals surface area contributed by atoms with Gasteiger partial charge in [0.1, 0.15) is 0 Å². The maximum Gasteiger partial charge on any atom is 0.0595 e. The van der Waals surface area contributed by atoms with Crippen LogP contribution in [0.1, 0.15) is 81.4 Å². The third-order valence-corrected chi connectivity index (χ3v) is 5.64. The second kappa shape index (κ2) is 12.1. The van der Waals surface area contributed by atoms with Crippen molar-refractivity contribution in [2.45, 2.75) is 71.1 Å². The summed E-state index contributed by atoms with van der Waals surface area (Å²) in [5, 5.41) is 1.23. The molecule has 0 spiro atoms. The average molecular weight is 401 g/mol. The molecule has 0 aliphatic rings. The summed E-state index contributed by atoms with van der Waals surface area (Å²) in [5.74, 6) is 7.00. The number of hydrogen-bond donors (Lipinski definition) is 0. The fourth-order valence-electron chi connectivity index (χ4n) is 3.17. The number of halogens is 2. The Morgan fingerprint density at radius 3 is 2.26 bits per heavy atom. The Labute approximate surface area is 175 Å². The predicted octanol–water partition coefficient (Wildman–Crippen LogP) is 8.44. The van der Waals surface area contributed by atoms with Crippen molar-refractivity contribution < 1.29 is 0 Å². The van der Waals surface area contributed by atoms with Gasteiger partial charge in [-0.05, 0) is 54.2 Å². The SMILES string of the molecule is CCCCCCCCC#Cc1ccc(CC(C)c2ccc(Cl)c(Cl)c2)cc1. The summed E-state index contributed by atoms with van der Waals surface area (Å²) >= 11 is 12.1. The van der Waals surface area contributed by atoms with E-state index >= 15 is 0 Å². The van der Waals surface area contributed by atoms with Crippen LogP contribution in [0.4, 0.5) is 0 Å². The first-order valence-corrected chi connectivity index (χ1v) is 10.9. The van der Waals surface area contributed by atoms with Gasteiger partial charge in [0, 0.05) is 12.0 Å². The lowest BCUT2D eigenvalue weighted by atomic mass is 9.93. The molecule has 0 radical (unpaired) electrons. The fourth-order valence-corrected chi connectivity index (χ4v) is 3.48.